The Morgan fingerprint density at radius 1 is 1.10 bits per heavy atom. The molecule has 0 aliphatic carbocycles. The fraction of sp³-hybridized carbons (Fsp3) is 0.333. The zero-order valence-corrected chi connectivity index (χ0v) is 13.8. The number of ether oxygens (including phenoxy) is 1. The van der Waals surface area contributed by atoms with Crippen molar-refractivity contribution in [3.05, 3.63) is 63.7 Å². The molecule has 0 saturated carbocycles. The maximum Gasteiger partial charge on any atom is 0.122 e. The van der Waals surface area contributed by atoms with Gasteiger partial charge in [-0.1, -0.05) is 40.9 Å². The first kappa shape index (κ1) is 15.9. The van der Waals surface area contributed by atoms with Crippen molar-refractivity contribution in [2.45, 2.75) is 26.3 Å². The van der Waals surface area contributed by atoms with Gasteiger partial charge in [-0.15, -0.1) is 0 Å². The first-order chi connectivity index (χ1) is 10.0. The SMILES string of the molecule is CNC(Cc1cc(Cl)ccc1OC)c1cc(C)cc(C)c1. The maximum absolute atomic E-state index is 6.12. The molecule has 2 aromatic carbocycles. The zero-order chi connectivity index (χ0) is 15.4. The lowest BCUT2D eigenvalue weighted by Gasteiger charge is -2.19. The van der Waals surface area contributed by atoms with Gasteiger partial charge in [0.05, 0.1) is 7.11 Å². The van der Waals surface area contributed by atoms with E-state index in [4.69, 9.17) is 16.3 Å². The smallest absolute Gasteiger partial charge is 0.122 e. The van der Waals surface area contributed by atoms with E-state index in [2.05, 4.69) is 37.4 Å². The summed E-state index contributed by atoms with van der Waals surface area (Å²) in [5.74, 6) is 0.879. The van der Waals surface area contributed by atoms with E-state index in [-0.39, 0.29) is 6.04 Å². The molecule has 2 rings (SSSR count). The predicted octanol–water partition coefficient (Wildman–Crippen LogP) is 4.47. The van der Waals surface area contributed by atoms with Crippen molar-refractivity contribution in [3.63, 3.8) is 0 Å². The number of hydrogen-bond acceptors (Lipinski definition) is 2. The highest BCUT2D eigenvalue weighted by Crippen LogP contribution is 2.28. The summed E-state index contributed by atoms with van der Waals surface area (Å²) in [6.07, 6.45) is 0.836. The molecule has 0 aliphatic heterocycles. The molecular formula is C18H22ClNO. The van der Waals surface area contributed by atoms with Crippen LogP contribution in [0, 0.1) is 13.8 Å². The van der Waals surface area contributed by atoms with Crippen molar-refractivity contribution < 1.29 is 4.74 Å². The van der Waals surface area contributed by atoms with Crippen LogP contribution in [0.3, 0.4) is 0 Å². The molecule has 21 heavy (non-hydrogen) atoms. The van der Waals surface area contributed by atoms with Crippen molar-refractivity contribution in [2.24, 2.45) is 0 Å². The van der Waals surface area contributed by atoms with E-state index in [0.717, 1.165) is 22.8 Å². The molecule has 0 aromatic heterocycles. The molecule has 0 aliphatic rings. The number of hydrogen-bond donors (Lipinski definition) is 1. The molecule has 3 heteroatoms. The van der Waals surface area contributed by atoms with Crippen LogP contribution in [0.4, 0.5) is 0 Å². The minimum absolute atomic E-state index is 0.232. The summed E-state index contributed by atoms with van der Waals surface area (Å²) in [4.78, 5) is 0. The second-order valence-electron chi connectivity index (χ2n) is 5.42. The monoisotopic (exact) mass is 303 g/mol. The fourth-order valence-electron chi connectivity index (χ4n) is 2.72. The number of likely N-dealkylation sites (N-methyl/N-ethyl adjacent to an activating group) is 1. The molecule has 0 fully saturated rings. The standard InChI is InChI=1S/C18H22ClNO/c1-12-7-13(2)9-14(8-12)17(20-3)11-15-10-16(19)5-6-18(15)21-4/h5-10,17,20H,11H2,1-4H3. The minimum Gasteiger partial charge on any atom is -0.496 e. The summed E-state index contributed by atoms with van der Waals surface area (Å²) >= 11 is 6.12. The van der Waals surface area contributed by atoms with Crippen molar-refractivity contribution in [2.75, 3.05) is 14.2 Å². The van der Waals surface area contributed by atoms with Crippen molar-refractivity contribution in [3.8, 4) is 5.75 Å². The second-order valence-corrected chi connectivity index (χ2v) is 5.86. The van der Waals surface area contributed by atoms with Gasteiger partial charge in [-0.25, -0.2) is 0 Å². The summed E-state index contributed by atoms with van der Waals surface area (Å²) < 4.78 is 5.44. The van der Waals surface area contributed by atoms with Gasteiger partial charge in [-0.2, -0.15) is 0 Å². The van der Waals surface area contributed by atoms with Crippen LogP contribution in [0.15, 0.2) is 36.4 Å². The molecule has 0 spiro atoms. The van der Waals surface area contributed by atoms with E-state index in [0.29, 0.717) is 0 Å². The molecule has 112 valence electrons. The Bertz CT molecular complexity index is 604. The molecule has 0 heterocycles. The molecule has 0 amide bonds. The second kappa shape index (κ2) is 6.97. The molecule has 2 nitrogen and oxygen atoms in total. The van der Waals surface area contributed by atoms with E-state index < -0.39 is 0 Å². The van der Waals surface area contributed by atoms with Crippen LogP contribution < -0.4 is 10.1 Å². The lowest BCUT2D eigenvalue weighted by atomic mass is 9.95. The van der Waals surface area contributed by atoms with Gasteiger partial charge < -0.3 is 10.1 Å². The Balaban J connectivity index is 2.32. The summed E-state index contributed by atoms with van der Waals surface area (Å²) in [6, 6.07) is 12.6. The largest absolute Gasteiger partial charge is 0.496 e. The van der Waals surface area contributed by atoms with Gasteiger partial charge in [0.2, 0.25) is 0 Å². The highest BCUT2D eigenvalue weighted by molar-refractivity contribution is 6.30. The molecule has 2 aromatic rings. The summed E-state index contributed by atoms with van der Waals surface area (Å²) in [5.41, 5.74) is 4.96. The number of benzene rings is 2. The van der Waals surface area contributed by atoms with Gasteiger partial charge in [-0.3, -0.25) is 0 Å². The van der Waals surface area contributed by atoms with Crippen LogP contribution in [-0.4, -0.2) is 14.2 Å². The van der Waals surface area contributed by atoms with Crippen LogP contribution in [0.25, 0.3) is 0 Å². The molecular weight excluding hydrogens is 282 g/mol. The summed E-state index contributed by atoms with van der Waals surface area (Å²) in [7, 11) is 3.68. The molecule has 0 bridgehead atoms. The minimum atomic E-state index is 0.232. The number of aryl methyl sites for hydroxylation is 2. The molecule has 1 N–H and O–H groups in total. The first-order valence-electron chi connectivity index (χ1n) is 7.11. The molecule has 0 radical (unpaired) electrons. The number of methoxy groups -OCH3 is 1. The van der Waals surface area contributed by atoms with Crippen LogP contribution in [0.5, 0.6) is 5.75 Å². The van der Waals surface area contributed by atoms with Crippen LogP contribution in [0.1, 0.15) is 28.3 Å². The molecule has 1 unspecified atom stereocenters. The van der Waals surface area contributed by atoms with Crippen LogP contribution in [-0.2, 0) is 6.42 Å². The van der Waals surface area contributed by atoms with Gasteiger partial charge in [0.15, 0.2) is 0 Å². The van der Waals surface area contributed by atoms with Crippen molar-refractivity contribution in [1.29, 1.82) is 0 Å². The average Bonchev–Trinajstić information content (AvgIpc) is 2.43. The van der Waals surface area contributed by atoms with E-state index >= 15 is 0 Å². The van der Waals surface area contributed by atoms with Gasteiger partial charge in [0, 0.05) is 11.1 Å². The predicted molar refractivity (Wildman–Crippen MR) is 89.4 cm³/mol. The third-order valence-electron chi connectivity index (χ3n) is 3.66. The van der Waals surface area contributed by atoms with Crippen LogP contribution in [0.2, 0.25) is 5.02 Å². The average molecular weight is 304 g/mol. The first-order valence-corrected chi connectivity index (χ1v) is 7.49. The van der Waals surface area contributed by atoms with Crippen molar-refractivity contribution in [1.82, 2.24) is 5.32 Å². The maximum atomic E-state index is 6.12. The van der Waals surface area contributed by atoms with Gasteiger partial charge in [0.25, 0.3) is 0 Å². The number of rotatable bonds is 5. The highest BCUT2D eigenvalue weighted by Gasteiger charge is 2.14. The molecule has 0 saturated heterocycles. The Labute approximate surface area is 132 Å². The highest BCUT2D eigenvalue weighted by atomic mass is 35.5. The quantitative estimate of drug-likeness (QED) is 0.880. The van der Waals surface area contributed by atoms with E-state index in [1.807, 2.05) is 25.2 Å². The Hall–Kier alpha value is -1.51. The Kier molecular flexibility index (Phi) is 5.27. The Morgan fingerprint density at radius 2 is 1.76 bits per heavy atom. The van der Waals surface area contributed by atoms with Crippen molar-refractivity contribution >= 4 is 11.6 Å². The van der Waals surface area contributed by atoms with E-state index in [1.165, 1.54) is 16.7 Å². The normalized spacial score (nSPS) is 12.2. The van der Waals surface area contributed by atoms with Gasteiger partial charge >= 0.3 is 0 Å². The lowest BCUT2D eigenvalue weighted by Crippen LogP contribution is -2.19. The number of nitrogens with one attached hydrogen (secondary N) is 1. The fourth-order valence-corrected chi connectivity index (χ4v) is 2.92. The third kappa shape index (κ3) is 3.99. The summed E-state index contributed by atoms with van der Waals surface area (Å²) in [5, 5.41) is 4.13. The van der Waals surface area contributed by atoms with E-state index in [1.54, 1.807) is 7.11 Å². The van der Waals surface area contributed by atoms with Crippen LogP contribution >= 0.6 is 11.6 Å². The molecule has 1 atom stereocenters. The topological polar surface area (TPSA) is 21.3 Å². The third-order valence-corrected chi connectivity index (χ3v) is 3.90. The zero-order valence-electron chi connectivity index (χ0n) is 13.0. The number of halogens is 1. The van der Waals surface area contributed by atoms with Gasteiger partial charge in [-0.05, 0) is 56.6 Å². The lowest BCUT2D eigenvalue weighted by molar-refractivity contribution is 0.406. The Morgan fingerprint density at radius 3 is 2.33 bits per heavy atom. The van der Waals surface area contributed by atoms with Gasteiger partial charge in [0.1, 0.15) is 5.75 Å². The summed E-state index contributed by atoms with van der Waals surface area (Å²) in [6.45, 7) is 4.26. The van der Waals surface area contributed by atoms with E-state index in [9.17, 15) is 0 Å².